The molecule has 0 aliphatic rings. The van der Waals surface area contributed by atoms with Crippen molar-refractivity contribution in [1.82, 2.24) is 14.8 Å². The first-order valence-electron chi connectivity index (χ1n) is 5.77. The van der Waals surface area contributed by atoms with Gasteiger partial charge in [0.25, 0.3) is 0 Å². The molecular weight excluding hydrogens is 228 g/mol. The number of rotatable bonds is 2. The monoisotopic (exact) mass is 242 g/mol. The normalized spacial score (nSPS) is 11.1. The van der Waals surface area contributed by atoms with Gasteiger partial charge in [0.05, 0.1) is 5.69 Å². The second kappa shape index (κ2) is 3.87. The van der Waals surface area contributed by atoms with E-state index in [9.17, 15) is 0 Å². The number of aryl methyl sites for hydroxylation is 2. The SMILES string of the molecule is CNc1cc(-c2ccc3nc(C)oc3c2)n(C)n1. The van der Waals surface area contributed by atoms with Crippen LogP contribution in [0.5, 0.6) is 0 Å². The molecule has 3 aromatic rings. The van der Waals surface area contributed by atoms with Crippen LogP contribution in [0.1, 0.15) is 5.89 Å². The van der Waals surface area contributed by atoms with Gasteiger partial charge in [-0.1, -0.05) is 6.07 Å². The summed E-state index contributed by atoms with van der Waals surface area (Å²) in [6.45, 7) is 1.85. The van der Waals surface area contributed by atoms with Gasteiger partial charge >= 0.3 is 0 Å². The van der Waals surface area contributed by atoms with Gasteiger partial charge in [-0.05, 0) is 12.1 Å². The third kappa shape index (κ3) is 1.64. The van der Waals surface area contributed by atoms with Crippen molar-refractivity contribution < 1.29 is 4.42 Å². The van der Waals surface area contributed by atoms with Gasteiger partial charge in [-0.3, -0.25) is 4.68 Å². The zero-order chi connectivity index (χ0) is 12.7. The molecule has 0 fully saturated rings. The summed E-state index contributed by atoms with van der Waals surface area (Å²) < 4.78 is 7.39. The van der Waals surface area contributed by atoms with Crippen molar-refractivity contribution in [2.45, 2.75) is 6.92 Å². The second-order valence-corrected chi connectivity index (χ2v) is 4.20. The molecule has 0 aliphatic heterocycles. The number of benzene rings is 1. The maximum atomic E-state index is 5.55. The van der Waals surface area contributed by atoms with E-state index in [1.54, 1.807) is 0 Å². The van der Waals surface area contributed by atoms with E-state index in [1.165, 1.54) is 0 Å². The molecule has 0 aliphatic carbocycles. The largest absolute Gasteiger partial charge is 0.441 e. The Bertz CT molecular complexity index is 711. The van der Waals surface area contributed by atoms with E-state index < -0.39 is 0 Å². The lowest BCUT2D eigenvalue weighted by molar-refractivity contribution is 0.561. The van der Waals surface area contributed by atoms with Gasteiger partial charge in [-0.15, -0.1) is 0 Å². The highest BCUT2D eigenvalue weighted by atomic mass is 16.3. The fourth-order valence-electron chi connectivity index (χ4n) is 2.06. The van der Waals surface area contributed by atoms with E-state index in [1.807, 2.05) is 50.0 Å². The van der Waals surface area contributed by atoms with E-state index >= 15 is 0 Å². The van der Waals surface area contributed by atoms with Crippen molar-refractivity contribution in [3.05, 3.63) is 30.2 Å². The lowest BCUT2D eigenvalue weighted by Gasteiger charge is -2.00. The first-order valence-corrected chi connectivity index (χ1v) is 5.77. The lowest BCUT2D eigenvalue weighted by atomic mass is 10.1. The van der Waals surface area contributed by atoms with Crippen molar-refractivity contribution in [2.75, 3.05) is 12.4 Å². The number of anilines is 1. The Morgan fingerprint density at radius 3 is 2.83 bits per heavy atom. The topological polar surface area (TPSA) is 55.9 Å². The van der Waals surface area contributed by atoms with E-state index in [-0.39, 0.29) is 0 Å². The van der Waals surface area contributed by atoms with Crippen LogP contribution in [0.2, 0.25) is 0 Å². The minimum Gasteiger partial charge on any atom is -0.441 e. The number of nitrogens with one attached hydrogen (secondary N) is 1. The molecule has 18 heavy (non-hydrogen) atoms. The Kier molecular flexibility index (Phi) is 2.33. The molecule has 0 radical (unpaired) electrons. The summed E-state index contributed by atoms with van der Waals surface area (Å²) in [6.07, 6.45) is 0. The van der Waals surface area contributed by atoms with E-state index in [0.717, 1.165) is 28.2 Å². The zero-order valence-electron chi connectivity index (χ0n) is 10.6. The van der Waals surface area contributed by atoms with Gasteiger partial charge < -0.3 is 9.73 Å². The van der Waals surface area contributed by atoms with Crippen molar-refractivity contribution in [3.63, 3.8) is 0 Å². The number of nitrogens with zero attached hydrogens (tertiary/aromatic N) is 3. The number of hydrogen-bond donors (Lipinski definition) is 1. The molecule has 1 N–H and O–H groups in total. The van der Waals surface area contributed by atoms with Gasteiger partial charge in [0.1, 0.15) is 11.3 Å². The van der Waals surface area contributed by atoms with E-state index in [0.29, 0.717) is 5.89 Å². The molecule has 0 spiro atoms. The molecule has 2 heterocycles. The number of hydrogen-bond acceptors (Lipinski definition) is 4. The number of fused-ring (bicyclic) bond motifs is 1. The Labute approximate surface area is 104 Å². The van der Waals surface area contributed by atoms with Crippen LogP contribution in [0.15, 0.2) is 28.7 Å². The smallest absolute Gasteiger partial charge is 0.192 e. The minimum absolute atomic E-state index is 0.683. The fraction of sp³-hybridized carbons (Fsp3) is 0.231. The number of aromatic nitrogens is 3. The summed E-state index contributed by atoms with van der Waals surface area (Å²) in [6, 6.07) is 7.99. The summed E-state index contributed by atoms with van der Waals surface area (Å²) in [5.41, 5.74) is 3.79. The first-order chi connectivity index (χ1) is 8.67. The molecule has 2 aromatic heterocycles. The van der Waals surface area contributed by atoms with Gasteiger partial charge in [0.2, 0.25) is 0 Å². The average Bonchev–Trinajstić information content (AvgIpc) is 2.89. The lowest BCUT2D eigenvalue weighted by Crippen LogP contribution is -1.94. The van der Waals surface area contributed by atoms with Gasteiger partial charge in [0, 0.05) is 32.6 Å². The average molecular weight is 242 g/mol. The summed E-state index contributed by atoms with van der Waals surface area (Å²) >= 11 is 0. The van der Waals surface area contributed by atoms with Crippen LogP contribution >= 0.6 is 0 Å². The van der Waals surface area contributed by atoms with E-state index in [2.05, 4.69) is 15.4 Å². The van der Waals surface area contributed by atoms with Gasteiger partial charge in [-0.2, -0.15) is 5.10 Å². The van der Waals surface area contributed by atoms with E-state index in [4.69, 9.17) is 4.42 Å². The molecule has 0 saturated heterocycles. The van der Waals surface area contributed by atoms with Crippen LogP contribution in [0, 0.1) is 6.92 Å². The van der Waals surface area contributed by atoms with Gasteiger partial charge in [-0.25, -0.2) is 4.98 Å². The molecule has 92 valence electrons. The molecule has 5 nitrogen and oxygen atoms in total. The summed E-state index contributed by atoms with van der Waals surface area (Å²) in [5, 5.41) is 7.38. The van der Waals surface area contributed by atoms with Crippen molar-refractivity contribution in [2.24, 2.45) is 7.05 Å². The number of oxazole rings is 1. The highest BCUT2D eigenvalue weighted by Gasteiger charge is 2.09. The fourth-order valence-corrected chi connectivity index (χ4v) is 2.06. The van der Waals surface area contributed by atoms with Crippen LogP contribution in [-0.2, 0) is 7.05 Å². The highest BCUT2D eigenvalue weighted by molar-refractivity contribution is 5.79. The van der Waals surface area contributed by atoms with Crippen molar-refractivity contribution in [1.29, 1.82) is 0 Å². The molecule has 0 bridgehead atoms. The van der Waals surface area contributed by atoms with Crippen LogP contribution in [0.4, 0.5) is 5.82 Å². The molecule has 0 unspecified atom stereocenters. The molecule has 5 heteroatoms. The standard InChI is InChI=1S/C13H14N4O/c1-8-15-10-5-4-9(6-12(10)18-8)11-7-13(14-2)16-17(11)3/h4-7H,1-3H3,(H,14,16). The second-order valence-electron chi connectivity index (χ2n) is 4.20. The van der Waals surface area contributed by atoms with Crippen LogP contribution in [0.3, 0.4) is 0 Å². The van der Waals surface area contributed by atoms with Gasteiger partial charge in [0.15, 0.2) is 11.5 Å². The Hall–Kier alpha value is -2.30. The quantitative estimate of drug-likeness (QED) is 0.750. The van der Waals surface area contributed by atoms with Crippen LogP contribution < -0.4 is 5.32 Å². The molecule has 0 atom stereocenters. The van der Waals surface area contributed by atoms with Crippen molar-refractivity contribution in [3.8, 4) is 11.3 Å². The third-order valence-electron chi connectivity index (χ3n) is 2.93. The summed E-state index contributed by atoms with van der Waals surface area (Å²) in [7, 11) is 3.78. The summed E-state index contributed by atoms with van der Waals surface area (Å²) in [4.78, 5) is 4.29. The maximum absolute atomic E-state index is 5.55. The molecule has 3 rings (SSSR count). The zero-order valence-corrected chi connectivity index (χ0v) is 10.6. The Balaban J connectivity index is 2.15. The third-order valence-corrected chi connectivity index (χ3v) is 2.93. The highest BCUT2D eigenvalue weighted by Crippen LogP contribution is 2.26. The molecule has 0 amide bonds. The predicted octanol–water partition coefficient (Wildman–Crippen LogP) is 2.58. The first kappa shape index (κ1) is 10.8. The molecular formula is C13H14N4O. The minimum atomic E-state index is 0.683. The summed E-state index contributed by atoms with van der Waals surface area (Å²) in [5.74, 6) is 1.53. The predicted molar refractivity (Wildman–Crippen MR) is 70.5 cm³/mol. The van der Waals surface area contributed by atoms with Crippen LogP contribution in [-0.4, -0.2) is 21.8 Å². The molecule has 0 saturated carbocycles. The Morgan fingerprint density at radius 2 is 2.11 bits per heavy atom. The molecule has 1 aromatic carbocycles. The maximum Gasteiger partial charge on any atom is 0.192 e. The Morgan fingerprint density at radius 1 is 1.28 bits per heavy atom. The van der Waals surface area contributed by atoms with Crippen LogP contribution in [0.25, 0.3) is 22.4 Å². The van der Waals surface area contributed by atoms with Crippen molar-refractivity contribution >= 4 is 16.9 Å².